The van der Waals surface area contributed by atoms with Gasteiger partial charge in [-0.15, -0.1) is 0 Å². The zero-order valence-electron chi connectivity index (χ0n) is 20.1. The number of sulfonamides is 1. The highest BCUT2D eigenvalue weighted by Gasteiger charge is 2.16. The van der Waals surface area contributed by atoms with Gasteiger partial charge in [0.25, 0.3) is 0 Å². The van der Waals surface area contributed by atoms with E-state index >= 15 is 0 Å². The Bertz CT molecular complexity index is 1660. The van der Waals surface area contributed by atoms with Crippen LogP contribution in [0.5, 0.6) is 5.75 Å². The first-order valence-corrected chi connectivity index (χ1v) is 13.7. The Labute approximate surface area is 225 Å². The second kappa shape index (κ2) is 11.1. The first kappa shape index (κ1) is 25.5. The largest absolute Gasteiger partial charge is 0.508 e. The Morgan fingerprint density at radius 1 is 0.868 bits per heavy atom. The number of hydrogen-bond donors (Lipinski definition) is 3. The Balaban J connectivity index is 1.36. The first-order valence-electron chi connectivity index (χ1n) is 11.8. The van der Waals surface area contributed by atoms with Crippen molar-refractivity contribution in [1.29, 1.82) is 0 Å². The number of rotatable bonds is 9. The van der Waals surface area contributed by atoms with Crippen molar-refractivity contribution < 1.29 is 13.5 Å². The normalized spacial score (nSPS) is 11.4. The number of aromatic hydroxyl groups is 1. The molecule has 0 aliphatic heterocycles. The van der Waals surface area contributed by atoms with E-state index in [1.54, 1.807) is 29.1 Å². The number of nitrogens with zero attached hydrogens (tertiary/aromatic N) is 3. The summed E-state index contributed by atoms with van der Waals surface area (Å²) >= 11 is 5.85. The van der Waals surface area contributed by atoms with Crippen LogP contribution in [0, 0.1) is 0 Å². The van der Waals surface area contributed by atoms with Crippen LogP contribution < -0.4 is 10.0 Å². The van der Waals surface area contributed by atoms with Crippen LogP contribution in [0.4, 0.5) is 5.82 Å². The molecule has 38 heavy (non-hydrogen) atoms. The molecule has 0 bridgehead atoms. The lowest BCUT2D eigenvalue weighted by atomic mass is 10.0. The molecule has 2 heterocycles. The number of pyridine rings is 1. The number of para-hydroxylation sites is 1. The van der Waals surface area contributed by atoms with Gasteiger partial charge in [0, 0.05) is 41.6 Å². The molecular formula is C28H24ClN5O3S. The van der Waals surface area contributed by atoms with Gasteiger partial charge in [-0.05, 0) is 66.2 Å². The highest BCUT2D eigenvalue weighted by molar-refractivity contribution is 7.89. The molecule has 2 aromatic heterocycles. The van der Waals surface area contributed by atoms with Crippen LogP contribution in [-0.2, 0) is 10.0 Å². The Kier molecular flexibility index (Phi) is 7.41. The molecule has 192 valence electrons. The summed E-state index contributed by atoms with van der Waals surface area (Å²) in [6.07, 6.45) is 3.62. The van der Waals surface area contributed by atoms with Gasteiger partial charge in [0.05, 0.1) is 10.6 Å². The number of halogens is 1. The van der Waals surface area contributed by atoms with Crippen molar-refractivity contribution in [3.8, 4) is 33.8 Å². The third-order valence-corrected chi connectivity index (χ3v) is 7.50. The van der Waals surface area contributed by atoms with Gasteiger partial charge in [0.2, 0.25) is 10.0 Å². The molecule has 0 amide bonds. The van der Waals surface area contributed by atoms with E-state index in [1.165, 1.54) is 24.3 Å². The van der Waals surface area contributed by atoms with Crippen molar-refractivity contribution >= 4 is 27.4 Å². The molecule has 8 nitrogen and oxygen atoms in total. The molecule has 3 aromatic carbocycles. The van der Waals surface area contributed by atoms with E-state index in [1.807, 2.05) is 54.7 Å². The van der Waals surface area contributed by atoms with E-state index in [0.29, 0.717) is 23.1 Å². The van der Waals surface area contributed by atoms with E-state index in [-0.39, 0.29) is 17.2 Å². The maximum absolute atomic E-state index is 12.5. The molecule has 5 rings (SSSR count). The topological polar surface area (TPSA) is 109 Å². The number of aromatic nitrogens is 3. The molecule has 0 radical (unpaired) electrons. The van der Waals surface area contributed by atoms with Crippen LogP contribution in [-0.4, -0.2) is 41.4 Å². The van der Waals surface area contributed by atoms with Gasteiger partial charge in [-0.3, -0.25) is 0 Å². The van der Waals surface area contributed by atoms with Crippen molar-refractivity contribution in [2.24, 2.45) is 0 Å². The Morgan fingerprint density at radius 3 is 2.42 bits per heavy atom. The molecule has 0 unspecified atom stereocenters. The molecule has 0 spiro atoms. The molecular weight excluding hydrogens is 522 g/mol. The molecule has 0 aliphatic carbocycles. The molecule has 0 atom stereocenters. The maximum atomic E-state index is 12.5. The summed E-state index contributed by atoms with van der Waals surface area (Å²) in [5, 5.41) is 18.5. The van der Waals surface area contributed by atoms with Crippen LogP contribution in [0.2, 0.25) is 5.02 Å². The summed E-state index contributed by atoms with van der Waals surface area (Å²) in [6, 6.07) is 26.5. The summed E-state index contributed by atoms with van der Waals surface area (Å²) in [7, 11) is -3.65. The lowest BCUT2D eigenvalue weighted by Crippen LogP contribution is -2.29. The molecule has 10 heteroatoms. The summed E-state index contributed by atoms with van der Waals surface area (Å²) in [5.74, 6) is 0.739. The lowest BCUT2D eigenvalue weighted by molar-refractivity contribution is 0.475. The summed E-state index contributed by atoms with van der Waals surface area (Å²) in [4.78, 5) is 4.53. The predicted molar refractivity (Wildman–Crippen MR) is 149 cm³/mol. The number of nitrogens with one attached hydrogen (secondary N) is 2. The second-order valence-electron chi connectivity index (χ2n) is 8.43. The summed E-state index contributed by atoms with van der Waals surface area (Å²) < 4.78 is 29.3. The number of phenolic OH excluding ortho intramolecular Hbond substituents is 1. The van der Waals surface area contributed by atoms with E-state index in [9.17, 15) is 13.5 Å². The minimum Gasteiger partial charge on any atom is -0.508 e. The van der Waals surface area contributed by atoms with Gasteiger partial charge in [-0.1, -0.05) is 41.9 Å². The van der Waals surface area contributed by atoms with Crippen LogP contribution in [0.15, 0.2) is 108 Å². The third-order valence-electron chi connectivity index (χ3n) is 5.77. The second-order valence-corrected chi connectivity index (χ2v) is 10.6. The number of anilines is 1. The van der Waals surface area contributed by atoms with Gasteiger partial charge >= 0.3 is 0 Å². The van der Waals surface area contributed by atoms with Gasteiger partial charge in [-0.2, -0.15) is 5.10 Å². The van der Waals surface area contributed by atoms with E-state index in [4.69, 9.17) is 16.7 Å². The van der Waals surface area contributed by atoms with Gasteiger partial charge in [-0.25, -0.2) is 22.8 Å². The van der Waals surface area contributed by atoms with Crippen LogP contribution >= 0.6 is 11.6 Å². The fraction of sp³-hybridized carbons (Fsp3) is 0.0714. The smallest absolute Gasteiger partial charge is 0.240 e. The standard InChI is InChI=1S/C28H24ClN5O3S/c29-22-9-11-25(12-10-22)38(36,37)32-16-15-31-27-18-20(13-14-30-27)26-19-34(23-6-2-1-3-7-23)33-28(26)21-5-4-8-24(35)17-21/h1-14,17-19,32,35H,15-16H2,(H,30,31). The van der Waals surface area contributed by atoms with Crippen LogP contribution in [0.25, 0.3) is 28.1 Å². The quantitative estimate of drug-likeness (QED) is 0.215. The Hall–Kier alpha value is -4.18. The van der Waals surface area contributed by atoms with Crippen molar-refractivity contribution in [2.75, 3.05) is 18.4 Å². The highest BCUT2D eigenvalue weighted by Crippen LogP contribution is 2.34. The molecule has 0 saturated heterocycles. The number of phenols is 1. The average Bonchev–Trinajstić information content (AvgIpc) is 3.38. The third kappa shape index (κ3) is 5.86. The van der Waals surface area contributed by atoms with Crippen LogP contribution in [0.1, 0.15) is 0 Å². The average molecular weight is 546 g/mol. The number of benzene rings is 3. The number of hydrogen-bond acceptors (Lipinski definition) is 6. The monoisotopic (exact) mass is 545 g/mol. The van der Waals surface area contributed by atoms with E-state index in [2.05, 4.69) is 15.0 Å². The molecule has 3 N–H and O–H groups in total. The predicted octanol–water partition coefficient (Wildman–Crippen LogP) is 5.35. The minimum absolute atomic E-state index is 0.150. The van der Waals surface area contributed by atoms with E-state index < -0.39 is 10.0 Å². The molecule has 5 aromatic rings. The molecule has 0 aliphatic rings. The van der Waals surface area contributed by atoms with Gasteiger partial charge < -0.3 is 10.4 Å². The SMILES string of the molecule is O=S(=O)(NCCNc1cc(-c2cn(-c3ccccc3)nc2-c2cccc(O)c2)ccn1)c1ccc(Cl)cc1. The van der Waals surface area contributed by atoms with Crippen molar-refractivity contribution in [3.63, 3.8) is 0 Å². The zero-order valence-corrected chi connectivity index (χ0v) is 21.7. The maximum Gasteiger partial charge on any atom is 0.240 e. The van der Waals surface area contributed by atoms with E-state index in [0.717, 1.165) is 22.4 Å². The summed E-state index contributed by atoms with van der Waals surface area (Å²) in [6.45, 7) is 0.489. The van der Waals surface area contributed by atoms with Gasteiger partial charge in [0.1, 0.15) is 17.3 Å². The van der Waals surface area contributed by atoms with Crippen molar-refractivity contribution in [1.82, 2.24) is 19.5 Å². The fourth-order valence-corrected chi connectivity index (χ4v) is 5.09. The highest BCUT2D eigenvalue weighted by atomic mass is 35.5. The van der Waals surface area contributed by atoms with Crippen molar-refractivity contribution in [3.05, 3.63) is 108 Å². The Morgan fingerprint density at radius 2 is 1.66 bits per heavy atom. The first-order chi connectivity index (χ1) is 18.4. The fourth-order valence-electron chi connectivity index (χ4n) is 3.93. The summed E-state index contributed by atoms with van der Waals surface area (Å²) in [5.41, 5.74) is 4.11. The van der Waals surface area contributed by atoms with Gasteiger partial charge in [0.15, 0.2) is 0 Å². The van der Waals surface area contributed by atoms with Crippen molar-refractivity contribution in [2.45, 2.75) is 4.90 Å². The molecule has 0 fully saturated rings. The lowest BCUT2D eigenvalue weighted by Gasteiger charge is -2.10. The zero-order chi connectivity index (χ0) is 26.5. The van der Waals surface area contributed by atoms with Crippen LogP contribution in [0.3, 0.4) is 0 Å². The molecule has 0 saturated carbocycles. The minimum atomic E-state index is -3.65.